The van der Waals surface area contributed by atoms with Crippen LogP contribution in [-0.4, -0.2) is 34.8 Å². The molecule has 0 unspecified atom stereocenters. The number of nitrogens with zero attached hydrogens (tertiary/aromatic N) is 1. The summed E-state index contributed by atoms with van der Waals surface area (Å²) in [6.07, 6.45) is -0.638. The van der Waals surface area contributed by atoms with E-state index in [0.29, 0.717) is 13.2 Å². The van der Waals surface area contributed by atoms with Crippen LogP contribution in [0.2, 0.25) is 0 Å². The van der Waals surface area contributed by atoms with Crippen LogP contribution in [0.1, 0.15) is 31.9 Å². The minimum atomic E-state index is -0.461. The largest absolute Gasteiger partial charge is 0.389 e. The monoisotopic (exact) mass is 339 g/mol. The SMILES string of the molecule is CC(C)(C)[C@@H]1[C@H](OCc2ccccc2)[C@@H](O)CN1Cc1ccccc1. The molecule has 2 aromatic carbocycles. The molecular formula is C22H29NO2. The van der Waals surface area contributed by atoms with E-state index < -0.39 is 6.10 Å². The van der Waals surface area contributed by atoms with Crippen LogP contribution in [0, 0.1) is 5.41 Å². The summed E-state index contributed by atoms with van der Waals surface area (Å²) in [7, 11) is 0. The molecule has 3 nitrogen and oxygen atoms in total. The van der Waals surface area contributed by atoms with E-state index >= 15 is 0 Å². The lowest BCUT2D eigenvalue weighted by Gasteiger charge is -2.38. The van der Waals surface area contributed by atoms with Gasteiger partial charge in [0.25, 0.3) is 0 Å². The third-order valence-corrected chi connectivity index (χ3v) is 4.91. The second-order valence-corrected chi connectivity index (χ2v) is 8.05. The molecule has 1 saturated heterocycles. The number of hydrogen-bond acceptors (Lipinski definition) is 3. The van der Waals surface area contributed by atoms with Crippen LogP contribution >= 0.6 is 0 Å². The summed E-state index contributed by atoms with van der Waals surface area (Å²) in [5, 5.41) is 10.7. The normalized spacial score (nSPS) is 24.6. The summed E-state index contributed by atoms with van der Waals surface area (Å²) in [5.74, 6) is 0. The van der Waals surface area contributed by atoms with Crippen molar-refractivity contribution >= 4 is 0 Å². The lowest BCUT2D eigenvalue weighted by atomic mass is 9.83. The highest BCUT2D eigenvalue weighted by Crippen LogP contribution is 2.36. The molecule has 1 aliphatic rings. The van der Waals surface area contributed by atoms with Crippen molar-refractivity contribution in [1.29, 1.82) is 0 Å². The topological polar surface area (TPSA) is 32.7 Å². The average molecular weight is 339 g/mol. The van der Waals surface area contributed by atoms with E-state index in [-0.39, 0.29) is 17.6 Å². The van der Waals surface area contributed by atoms with Crippen molar-refractivity contribution in [1.82, 2.24) is 4.90 Å². The van der Waals surface area contributed by atoms with E-state index in [1.165, 1.54) is 5.56 Å². The first kappa shape index (κ1) is 18.1. The molecule has 3 atom stereocenters. The molecule has 2 aromatic rings. The van der Waals surface area contributed by atoms with Gasteiger partial charge >= 0.3 is 0 Å². The van der Waals surface area contributed by atoms with Crippen LogP contribution < -0.4 is 0 Å². The fourth-order valence-electron chi connectivity index (χ4n) is 3.87. The number of ether oxygens (including phenoxy) is 1. The zero-order valence-electron chi connectivity index (χ0n) is 15.4. The molecule has 1 heterocycles. The summed E-state index contributed by atoms with van der Waals surface area (Å²) in [6.45, 7) is 8.71. The van der Waals surface area contributed by atoms with E-state index in [1.54, 1.807) is 0 Å². The van der Waals surface area contributed by atoms with Gasteiger partial charge in [-0.15, -0.1) is 0 Å². The van der Waals surface area contributed by atoms with Crippen LogP contribution in [0.15, 0.2) is 60.7 Å². The van der Waals surface area contributed by atoms with E-state index in [1.807, 2.05) is 24.3 Å². The van der Waals surface area contributed by atoms with Gasteiger partial charge in [-0.3, -0.25) is 4.90 Å². The van der Waals surface area contributed by atoms with Crippen molar-refractivity contribution < 1.29 is 9.84 Å². The summed E-state index contributed by atoms with van der Waals surface area (Å²) in [4.78, 5) is 2.37. The number of rotatable bonds is 5. The molecule has 3 heteroatoms. The predicted octanol–water partition coefficient (Wildman–Crippen LogP) is 3.86. The average Bonchev–Trinajstić information content (AvgIpc) is 2.90. The molecule has 3 rings (SSSR count). The van der Waals surface area contributed by atoms with Crippen LogP contribution in [0.25, 0.3) is 0 Å². The van der Waals surface area contributed by atoms with Gasteiger partial charge < -0.3 is 9.84 Å². The van der Waals surface area contributed by atoms with Crippen LogP contribution in [0.5, 0.6) is 0 Å². The maximum absolute atomic E-state index is 10.7. The maximum atomic E-state index is 10.7. The fourth-order valence-corrected chi connectivity index (χ4v) is 3.87. The van der Waals surface area contributed by atoms with Gasteiger partial charge in [0.15, 0.2) is 0 Å². The van der Waals surface area contributed by atoms with Crippen LogP contribution in [0.4, 0.5) is 0 Å². The van der Waals surface area contributed by atoms with Gasteiger partial charge in [0.2, 0.25) is 0 Å². The van der Waals surface area contributed by atoms with Gasteiger partial charge in [0.1, 0.15) is 6.10 Å². The number of β-amino-alcohol motifs (C(OH)–C–C–N with tert-alkyl or cyclic N) is 1. The molecule has 0 aliphatic carbocycles. The molecule has 25 heavy (non-hydrogen) atoms. The molecule has 0 bridgehead atoms. The van der Waals surface area contributed by atoms with Gasteiger partial charge in [-0.2, -0.15) is 0 Å². The Balaban J connectivity index is 1.74. The number of hydrogen-bond donors (Lipinski definition) is 1. The predicted molar refractivity (Wildman–Crippen MR) is 101 cm³/mol. The Morgan fingerprint density at radius 1 is 0.960 bits per heavy atom. The zero-order chi connectivity index (χ0) is 17.9. The van der Waals surface area contributed by atoms with E-state index in [9.17, 15) is 5.11 Å². The summed E-state index contributed by atoms with van der Waals surface area (Å²) < 4.78 is 6.22. The molecule has 1 aliphatic heterocycles. The second-order valence-electron chi connectivity index (χ2n) is 8.05. The van der Waals surface area contributed by atoms with Crippen molar-refractivity contribution in [3.8, 4) is 0 Å². The summed E-state index contributed by atoms with van der Waals surface area (Å²) in [5.41, 5.74) is 2.43. The molecule has 1 N–H and O–H groups in total. The maximum Gasteiger partial charge on any atom is 0.101 e. The van der Waals surface area contributed by atoms with Crippen molar-refractivity contribution in [2.75, 3.05) is 6.54 Å². The minimum absolute atomic E-state index is 0.0214. The number of aliphatic hydroxyl groups excluding tert-OH is 1. The van der Waals surface area contributed by atoms with Crippen molar-refractivity contribution in [3.05, 3.63) is 71.8 Å². The Labute approximate surface area is 151 Å². The van der Waals surface area contributed by atoms with Crippen LogP contribution in [-0.2, 0) is 17.9 Å². The molecule has 0 aromatic heterocycles. The lowest BCUT2D eigenvalue weighted by molar-refractivity contribution is -0.0585. The number of likely N-dealkylation sites (tertiary alicyclic amines) is 1. The Kier molecular flexibility index (Phi) is 5.57. The first-order valence-corrected chi connectivity index (χ1v) is 9.07. The van der Waals surface area contributed by atoms with Crippen molar-refractivity contribution in [2.24, 2.45) is 5.41 Å². The molecule has 0 spiro atoms. The van der Waals surface area contributed by atoms with E-state index in [2.05, 4.69) is 62.1 Å². The minimum Gasteiger partial charge on any atom is -0.389 e. The molecule has 0 saturated carbocycles. The van der Waals surface area contributed by atoms with Gasteiger partial charge in [0.05, 0.1) is 12.7 Å². The third-order valence-electron chi connectivity index (χ3n) is 4.91. The smallest absolute Gasteiger partial charge is 0.101 e. The summed E-state index contributed by atoms with van der Waals surface area (Å²) >= 11 is 0. The quantitative estimate of drug-likeness (QED) is 0.898. The highest BCUT2D eigenvalue weighted by atomic mass is 16.5. The van der Waals surface area contributed by atoms with Crippen molar-refractivity contribution in [2.45, 2.75) is 52.2 Å². The molecule has 134 valence electrons. The highest BCUT2D eigenvalue weighted by Gasteiger charge is 2.47. The Morgan fingerprint density at radius 3 is 2.08 bits per heavy atom. The molecule has 0 radical (unpaired) electrons. The van der Waals surface area contributed by atoms with E-state index in [4.69, 9.17) is 4.74 Å². The van der Waals surface area contributed by atoms with E-state index in [0.717, 1.165) is 12.1 Å². The Morgan fingerprint density at radius 2 is 1.52 bits per heavy atom. The first-order valence-electron chi connectivity index (χ1n) is 9.07. The van der Waals surface area contributed by atoms with Gasteiger partial charge in [0, 0.05) is 19.1 Å². The fraction of sp³-hybridized carbons (Fsp3) is 0.455. The number of aliphatic hydroxyl groups is 1. The Hall–Kier alpha value is -1.68. The second kappa shape index (κ2) is 7.69. The standard InChI is InChI=1S/C22H29NO2/c1-22(2,3)21-20(25-16-18-12-8-5-9-13-18)19(24)15-23(21)14-17-10-6-4-7-11-17/h4-13,19-21,24H,14-16H2,1-3H3/t19-,20+,21-/m0/s1. The van der Waals surface area contributed by atoms with Gasteiger partial charge in [-0.05, 0) is 16.5 Å². The third kappa shape index (κ3) is 4.49. The molecule has 1 fully saturated rings. The Bertz CT molecular complexity index is 651. The molecule has 0 amide bonds. The van der Waals surface area contributed by atoms with Gasteiger partial charge in [-0.25, -0.2) is 0 Å². The van der Waals surface area contributed by atoms with Gasteiger partial charge in [-0.1, -0.05) is 81.4 Å². The number of benzene rings is 2. The van der Waals surface area contributed by atoms with Crippen molar-refractivity contribution in [3.63, 3.8) is 0 Å². The lowest BCUT2D eigenvalue weighted by Crippen LogP contribution is -2.46. The van der Waals surface area contributed by atoms with Crippen LogP contribution in [0.3, 0.4) is 0 Å². The first-order chi connectivity index (χ1) is 11.9. The zero-order valence-corrected chi connectivity index (χ0v) is 15.4. The summed E-state index contributed by atoms with van der Waals surface area (Å²) in [6, 6.07) is 20.8. The highest BCUT2D eigenvalue weighted by molar-refractivity contribution is 5.16. The molecular weight excluding hydrogens is 310 g/mol.